The van der Waals surface area contributed by atoms with Crippen molar-refractivity contribution >= 4 is 23.7 Å². The molecule has 2 aromatic carbocycles. The third-order valence-corrected chi connectivity index (χ3v) is 6.38. The molecular formula is C30H32ClN3O5. The van der Waals surface area contributed by atoms with E-state index in [1.807, 2.05) is 38.1 Å². The lowest BCUT2D eigenvalue weighted by molar-refractivity contribution is 0.0923. The van der Waals surface area contributed by atoms with Crippen molar-refractivity contribution in [3.05, 3.63) is 94.2 Å². The molecule has 204 valence electrons. The maximum atomic E-state index is 12.6. The van der Waals surface area contributed by atoms with Gasteiger partial charge in [0.25, 0.3) is 0 Å². The Labute approximate surface area is 233 Å². The zero-order chi connectivity index (χ0) is 27.9. The quantitative estimate of drug-likeness (QED) is 0.163. The molecule has 2 heterocycles. The number of furan rings is 1. The first-order chi connectivity index (χ1) is 18.8. The highest BCUT2D eigenvalue weighted by Crippen LogP contribution is 2.35. The van der Waals surface area contributed by atoms with Crippen molar-refractivity contribution in [1.82, 2.24) is 9.99 Å². The number of halogens is 1. The lowest BCUT2D eigenvalue weighted by atomic mass is 10.2. The van der Waals surface area contributed by atoms with E-state index < -0.39 is 5.91 Å². The fraction of sp³-hybridized carbons (Fsp3) is 0.267. The summed E-state index contributed by atoms with van der Waals surface area (Å²) in [5.41, 5.74) is 6.44. The van der Waals surface area contributed by atoms with E-state index in [0.29, 0.717) is 33.6 Å². The summed E-state index contributed by atoms with van der Waals surface area (Å²) in [4.78, 5) is 12.6. The maximum Gasteiger partial charge on any atom is 0.307 e. The summed E-state index contributed by atoms with van der Waals surface area (Å²) in [6.45, 7) is 8.29. The fourth-order valence-corrected chi connectivity index (χ4v) is 4.18. The molecule has 0 radical (unpaired) electrons. The van der Waals surface area contributed by atoms with Gasteiger partial charge >= 0.3 is 5.91 Å². The number of rotatable bonds is 11. The van der Waals surface area contributed by atoms with Crippen LogP contribution in [0.3, 0.4) is 0 Å². The van der Waals surface area contributed by atoms with E-state index in [0.717, 1.165) is 12.1 Å². The number of nitrogens with one attached hydrogen (secondary N) is 1. The number of hydrazone groups is 1. The van der Waals surface area contributed by atoms with Crippen LogP contribution < -0.4 is 19.6 Å². The van der Waals surface area contributed by atoms with Crippen molar-refractivity contribution in [2.75, 3.05) is 7.11 Å². The fourth-order valence-electron chi connectivity index (χ4n) is 3.96. The van der Waals surface area contributed by atoms with E-state index in [-0.39, 0.29) is 18.5 Å². The van der Waals surface area contributed by atoms with Gasteiger partial charge in [0.05, 0.1) is 19.4 Å². The van der Waals surface area contributed by atoms with Gasteiger partial charge in [0.1, 0.15) is 18.1 Å². The molecule has 0 saturated carbocycles. The number of carbonyl (C=O) groups excluding carboxylic acids is 1. The van der Waals surface area contributed by atoms with Crippen molar-refractivity contribution in [2.24, 2.45) is 5.10 Å². The highest BCUT2D eigenvalue weighted by Gasteiger charge is 2.15. The molecule has 0 bridgehead atoms. The maximum absolute atomic E-state index is 12.6. The summed E-state index contributed by atoms with van der Waals surface area (Å²) in [5.74, 6) is 1.79. The highest BCUT2D eigenvalue weighted by molar-refractivity contribution is 6.31. The zero-order valence-electron chi connectivity index (χ0n) is 22.7. The van der Waals surface area contributed by atoms with Gasteiger partial charge in [-0.2, -0.15) is 5.10 Å². The first-order valence-corrected chi connectivity index (χ1v) is 13.0. The van der Waals surface area contributed by atoms with Crippen LogP contribution in [0.2, 0.25) is 5.02 Å². The first kappa shape index (κ1) is 27.9. The summed E-state index contributed by atoms with van der Waals surface area (Å²) in [7, 11) is 1.54. The first-order valence-electron chi connectivity index (χ1n) is 12.6. The largest absolute Gasteiger partial charge is 0.493 e. The number of carbonyl (C=O) groups is 1. The molecule has 0 spiro atoms. The summed E-state index contributed by atoms with van der Waals surface area (Å²) < 4.78 is 25.1. The van der Waals surface area contributed by atoms with Gasteiger partial charge in [-0.05, 0) is 81.8 Å². The van der Waals surface area contributed by atoms with Crippen LogP contribution in [0, 0.1) is 13.8 Å². The van der Waals surface area contributed by atoms with Gasteiger partial charge in [0.2, 0.25) is 0 Å². The lowest BCUT2D eigenvalue weighted by Gasteiger charge is -2.17. The van der Waals surface area contributed by atoms with Crippen LogP contribution in [0.15, 0.2) is 70.2 Å². The second-order valence-corrected chi connectivity index (χ2v) is 9.50. The molecule has 1 amide bonds. The summed E-state index contributed by atoms with van der Waals surface area (Å²) in [6, 6.07) is 18.6. The number of nitrogens with zero attached hydrogens (tertiary/aromatic N) is 2. The number of methoxy groups -OCH3 is 1. The average Bonchev–Trinajstić information content (AvgIpc) is 3.54. The Morgan fingerprint density at radius 2 is 1.82 bits per heavy atom. The predicted octanol–water partition coefficient (Wildman–Crippen LogP) is 6.87. The standard InChI is InChI=1S/C30H32ClN3O5/c1-6-21(4)38-29-22(15-23(31)16-28(29)36-5)17-32-33-30(35)27-14-13-26(39-27)18-37-25-11-9-24(10-12-25)34-19(2)7-8-20(34)3/h7-17,21H,6,18H2,1-5H3,(H,33,35)/t21-/m0/s1. The van der Waals surface area contributed by atoms with Gasteiger partial charge in [-0.1, -0.05) is 18.5 Å². The van der Waals surface area contributed by atoms with E-state index in [4.69, 9.17) is 30.2 Å². The van der Waals surface area contributed by atoms with Gasteiger partial charge in [0, 0.05) is 33.7 Å². The number of ether oxygens (including phenoxy) is 3. The van der Waals surface area contributed by atoms with Crippen LogP contribution in [-0.2, 0) is 6.61 Å². The molecule has 1 N–H and O–H groups in total. The van der Waals surface area contributed by atoms with Gasteiger partial charge < -0.3 is 23.2 Å². The molecule has 4 rings (SSSR count). The smallest absolute Gasteiger partial charge is 0.307 e. The Bertz CT molecular complexity index is 1440. The Morgan fingerprint density at radius 3 is 2.49 bits per heavy atom. The average molecular weight is 550 g/mol. The number of benzene rings is 2. The van der Waals surface area contributed by atoms with E-state index in [1.165, 1.54) is 24.7 Å². The zero-order valence-corrected chi connectivity index (χ0v) is 23.4. The van der Waals surface area contributed by atoms with Crippen LogP contribution in [0.5, 0.6) is 17.2 Å². The lowest BCUT2D eigenvalue weighted by Crippen LogP contribution is -2.17. The third-order valence-electron chi connectivity index (χ3n) is 6.16. The van der Waals surface area contributed by atoms with Crippen molar-refractivity contribution in [3.8, 4) is 22.9 Å². The van der Waals surface area contributed by atoms with Crippen LogP contribution in [0.25, 0.3) is 5.69 Å². The molecule has 0 aliphatic heterocycles. The number of hydrogen-bond acceptors (Lipinski definition) is 6. The van der Waals surface area contributed by atoms with Gasteiger partial charge in [0.15, 0.2) is 17.3 Å². The molecular weight excluding hydrogens is 518 g/mol. The summed E-state index contributed by atoms with van der Waals surface area (Å²) >= 11 is 6.22. The molecule has 9 heteroatoms. The number of aryl methyl sites for hydroxylation is 2. The highest BCUT2D eigenvalue weighted by atomic mass is 35.5. The molecule has 8 nitrogen and oxygen atoms in total. The van der Waals surface area contributed by atoms with Crippen molar-refractivity contribution in [2.45, 2.75) is 46.8 Å². The molecule has 0 aliphatic carbocycles. The van der Waals surface area contributed by atoms with Crippen LogP contribution in [0.1, 0.15) is 53.5 Å². The Morgan fingerprint density at radius 1 is 1.10 bits per heavy atom. The second kappa shape index (κ2) is 12.6. The SMILES string of the molecule is CC[C@H](C)Oc1c(C=NNC(=O)c2ccc(COc3ccc(-n4c(C)ccc4C)cc3)o2)cc(Cl)cc1OC. The molecule has 0 fully saturated rings. The minimum absolute atomic E-state index is 0.0451. The molecule has 0 saturated heterocycles. The van der Waals surface area contributed by atoms with Crippen LogP contribution in [0.4, 0.5) is 0 Å². The number of hydrogen-bond donors (Lipinski definition) is 1. The molecule has 0 aliphatic rings. The van der Waals surface area contributed by atoms with E-state index >= 15 is 0 Å². The normalized spacial score (nSPS) is 11.9. The van der Waals surface area contributed by atoms with E-state index in [1.54, 1.807) is 24.3 Å². The number of amides is 1. The molecule has 4 aromatic rings. The van der Waals surface area contributed by atoms with Crippen molar-refractivity contribution < 1.29 is 23.4 Å². The molecule has 2 aromatic heterocycles. The minimum Gasteiger partial charge on any atom is -0.493 e. The topological polar surface area (TPSA) is 87.2 Å². The van der Waals surface area contributed by atoms with Crippen LogP contribution in [-0.4, -0.2) is 29.9 Å². The van der Waals surface area contributed by atoms with Crippen molar-refractivity contribution in [3.63, 3.8) is 0 Å². The van der Waals surface area contributed by atoms with Crippen molar-refractivity contribution in [1.29, 1.82) is 0 Å². The van der Waals surface area contributed by atoms with Gasteiger partial charge in [-0.15, -0.1) is 0 Å². The number of aromatic nitrogens is 1. The Kier molecular flexibility index (Phi) is 8.99. The Hall–Kier alpha value is -4.17. The summed E-state index contributed by atoms with van der Waals surface area (Å²) in [6.07, 6.45) is 2.22. The van der Waals surface area contributed by atoms with E-state index in [2.05, 4.69) is 41.1 Å². The monoisotopic (exact) mass is 549 g/mol. The second-order valence-electron chi connectivity index (χ2n) is 9.06. The van der Waals surface area contributed by atoms with Gasteiger partial charge in [-0.25, -0.2) is 5.43 Å². The van der Waals surface area contributed by atoms with Gasteiger partial charge in [-0.3, -0.25) is 4.79 Å². The minimum atomic E-state index is -0.502. The van der Waals surface area contributed by atoms with Crippen LogP contribution >= 0.6 is 11.6 Å². The van der Waals surface area contributed by atoms with E-state index in [9.17, 15) is 4.79 Å². The third kappa shape index (κ3) is 6.83. The predicted molar refractivity (Wildman–Crippen MR) is 152 cm³/mol. The molecule has 0 unspecified atom stereocenters. The Balaban J connectivity index is 1.36. The molecule has 1 atom stereocenters. The molecule has 39 heavy (non-hydrogen) atoms. The summed E-state index contributed by atoms with van der Waals surface area (Å²) in [5, 5.41) is 4.52.